The second kappa shape index (κ2) is 5.92. The molecular weight excluding hydrogens is 314 g/mol. The quantitative estimate of drug-likeness (QED) is 0.910. The Morgan fingerprint density at radius 3 is 2.20 bits per heavy atom. The van der Waals surface area contributed by atoms with Gasteiger partial charge in [-0.25, -0.2) is 9.97 Å². The largest absolute Gasteiger partial charge is 0.383 e. The van der Waals surface area contributed by atoms with Crippen molar-refractivity contribution in [3.63, 3.8) is 0 Å². The highest BCUT2D eigenvalue weighted by Gasteiger charge is 2.34. The Labute approximate surface area is 128 Å². The summed E-state index contributed by atoms with van der Waals surface area (Å²) in [6, 6.07) is 10.4. The van der Waals surface area contributed by atoms with Crippen LogP contribution in [0, 0.1) is 6.92 Å². The monoisotopic (exact) mass is 333 g/mol. The van der Waals surface area contributed by atoms with E-state index in [0.717, 1.165) is 28.8 Å². The van der Waals surface area contributed by atoms with Gasteiger partial charge in [0.2, 0.25) is 0 Å². The smallest absolute Gasteiger partial charge is 0.141 e. The molecule has 0 aliphatic rings. The maximum Gasteiger partial charge on any atom is 0.141 e. The van der Waals surface area contributed by atoms with E-state index in [1.807, 2.05) is 13.0 Å². The zero-order valence-electron chi connectivity index (χ0n) is 12.2. The van der Waals surface area contributed by atoms with E-state index in [-0.39, 0.29) is 5.41 Å². The predicted octanol–water partition coefficient (Wildman–Crippen LogP) is 4.24. The normalized spacial score (nSPS) is 11.6. The van der Waals surface area contributed by atoms with Crippen LogP contribution in [0.15, 0.2) is 34.8 Å². The molecule has 0 fully saturated rings. The van der Waals surface area contributed by atoms with Crippen molar-refractivity contribution >= 4 is 21.7 Å². The van der Waals surface area contributed by atoms with E-state index in [2.05, 4.69) is 64.0 Å². The molecule has 0 unspecified atom stereocenters. The molecule has 0 radical (unpaired) electrons. The van der Waals surface area contributed by atoms with E-state index >= 15 is 0 Å². The van der Waals surface area contributed by atoms with Crippen LogP contribution in [0.1, 0.15) is 43.8 Å². The minimum Gasteiger partial charge on any atom is -0.383 e. The number of benzene rings is 1. The lowest BCUT2D eigenvalue weighted by Crippen LogP contribution is -2.29. The first-order chi connectivity index (χ1) is 9.55. The van der Waals surface area contributed by atoms with Crippen LogP contribution in [0.5, 0.6) is 0 Å². The lowest BCUT2D eigenvalue weighted by molar-refractivity contribution is 0.448. The lowest BCUT2D eigenvalue weighted by atomic mass is 9.75. The zero-order chi connectivity index (χ0) is 14.8. The number of halogens is 1. The third kappa shape index (κ3) is 2.44. The van der Waals surface area contributed by atoms with Gasteiger partial charge in [0, 0.05) is 0 Å². The highest BCUT2D eigenvalue weighted by atomic mass is 79.9. The first-order valence-electron chi connectivity index (χ1n) is 6.90. The summed E-state index contributed by atoms with van der Waals surface area (Å²) >= 11 is 3.43. The summed E-state index contributed by atoms with van der Waals surface area (Å²) in [5.41, 5.74) is 7.95. The van der Waals surface area contributed by atoms with Gasteiger partial charge >= 0.3 is 0 Å². The van der Waals surface area contributed by atoms with Crippen molar-refractivity contribution in [2.45, 2.75) is 39.0 Å². The summed E-state index contributed by atoms with van der Waals surface area (Å²) < 4.78 is 0.787. The molecule has 0 spiro atoms. The van der Waals surface area contributed by atoms with Crippen LogP contribution in [0.3, 0.4) is 0 Å². The number of nitrogens with zero attached hydrogens (tertiary/aromatic N) is 2. The van der Waals surface area contributed by atoms with Crippen molar-refractivity contribution in [2.75, 3.05) is 5.73 Å². The van der Waals surface area contributed by atoms with Crippen LogP contribution >= 0.6 is 15.9 Å². The molecule has 1 heterocycles. The van der Waals surface area contributed by atoms with E-state index in [1.54, 1.807) is 0 Å². The SMILES string of the molecule is CCC(CC)(c1ccccc1)c1nc(C)c(Br)c(N)n1. The summed E-state index contributed by atoms with van der Waals surface area (Å²) in [5, 5.41) is 0. The van der Waals surface area contributed by atoms with Gasteiger partial charge in [0.15, 0.2) is 0 Å². The summed E-state index contributed by atoms with van der Waals surface area (Å²) in [6.45, 7) is 6.30. The molecule has 4 heteroatoms. The second-order valence-corrected chi connectivity index (χ2v) is 5.78. The zero-order valence-corrected chi connectivity index (χ0v) is 13.7. The molecule has 2 rings (SSSR count). The highest BCUT2D eigenvalue weighted by molar-refractivity contribution is 9.10. The van der Waals surface area contributed by atoms with Crippen LogP contribution in [-0.2, 0) is 5.41 Å². The fraction of sp³-hybridized carbons (Fsp3) is 0.375. The van der Waals surface area contributed by atoms with Gasteiger partial charge in [0.25, 0.3) is 0 Å². The van der Waals surface area contributed by atoms with Crippen LogP contribution < -0.4 is 5.73 Å². The summed E-state index contributed by atoms with van der Waals surface area (Å²) in [4.78, 5) is 9.23. The number of rotatable bonds is 4. The Kier molecular flexibility index (Phi) is 4.43. The molecule has 0 amide bonds. The summed E-state index contributed by atoms with van der Waals surface area (Å²) in [7, 11) is 0. The van der Waals surface area contributed by atoms with E-state index in [1.165, 1.54) is 5.56 Å². The number of aryl methyl sites for hydroxylation is 1. The van der Waals surface area contributed by atoms with E-state index in [0.29, 0.717) is 5.82 Å². The molecule has 106 valence electrons. The van der Waals surface area contributed by atoms with E-state index in [4.69, 9.17) is 5.73 Å². The van der Waals surface area contributed by atoms with Crippen LogP contribution in [0.4, 0.5) is 5.82 Å². The van der Waals surface area contributed by atoms with Crippen molar-refractivity contribution in [3.05, 3.63) is 51.9 Å². The predicted molar refractivity (Wildman–Crippen MR) is 86.7 cm³/mol. The average molecular weight is 334 g/mol. The van der Waals surface area contributed by atoms with Crippen molar-refractivity contribution in [2.24, 2.45) is 0 Å². The maximum atomic E-state index is 6.01. The highest BCUT2D eigenvalue weighted by Crippen LogP contribution is 2.38. The number of anilines is 1. The van der Waals surface area contributed by atoms with Gasteiger partial charge in [-0.15, -0.1) is 0 Å². The van der Waals surface area contributed by atoms with Gasteiger partial charge in [0.1, 0.15) is 11.6 Å². The molecule has 0 aliphatic heterocycles. The molecule has 0 saturated carbocycles. The summed E-state index contributed by atoms with van der Waals surface area (Å²) in [5.74, 6) is 1.32. The maximum absolute atomic E-state index is 6.01. The lowest BCUT2D eigenvalue weighted by Gasteiger charge is -2.31. The molecule has 2 aromatic rings. The van der Waals surface area contributed by atoms with Gasteiger partial charge in [-0.2, -0.15) is 0 Å². The Balaban J connectivity index is 2.65. The number of hydrogen-bond donors (Lipinski definition) is 1. The van der Waals surface area contributed by atoms with Crippen LogP contribution in [0.2, 0.25) is 0 Å². The Morgan fingerprint density at radius 2 is 1.70 bits per heavy atom. The number of aromatic nitrogens is 2. The first kappa shape index (κ1) is 15.0. The second-order valence-electron chi connectivity index (χ2n) is 4.99. The number of hydrogen-bond acceptors (Lipinski definition) is 3. The number of nitrogens with two attached hydrogens (primary N) is 1. The molecule has 0 bridgehead atoms. The molecule has 1 aromatic carbocycles. The van der Waals surface area contributed by atoms with Crippen molar-refractivity contribution in [3.8, 4) is 0 Å². The third-order valence-corrected chi connectivity index (χ3v) is 4.98. The molecular formula is C16H20BrN3. The van der Waals surface area contributed by atoms with Crippen molar-refractivity contribution in [1.82, 2.24) is 9.97 Å². The topological polar surface area (TPSA) is 51.8 Å². The fourth-order valence-electron chi connectivity index (χ4n) is 2.66. The molecule has 2 N–H and O–H groups in total. The van der Waals surface area contributed by atoms with Crippen LogP contribution in [0.25, 0.3) is 0 Å². The van der Waals surface area contributed by atoms with Gasteiger partial charge in [0.05, 0.1) is 15.6 Å². The Hall–Kier alpha value is -1.42. The molecule has 1 aromatic heterocycles. The molecule has 3 nitrogen and oxygen atoms in total. The minimum atomic E-state index is -0.180. The average Bonchev–Trinajstić information content (AvgIpc) is 2.47. The molecule has 0 aliphatic carbocycles. The first-order valence-corrected chi connectivity index (χ1v) is 7.70. The van der Waals surface area contributed by atoms with E-state index in [9.17, 15) is 0 Å². The van der Waals surface area contributed by atoms with Gasteiger partial charge in [-0.05, 0) is 41.3 Å². The molecule has 0 saturated heterocycles. The summed E-state index contributed by atoms with van der Waals surface area (Å²) in [6.07, 6.45) is 1.88. The van der Waals surface area contributed by atoms with Crippen molar-refractivity contribution < 1.29 is 0 Å². The van der Waals surface area contributed by atoms with Gasteiger partial charge in [-0.1, -0.05) is 44.2 Å². The molecule has 20 heavy (non-hydrogen) atoms. The number of nitrogen functional groups attached to an aromatic ring is 1. The third-order valence-electron chi connectivity index (χ3n) is 4.00. The van der Waals surface area contributed by atoms with Gasteiger partial charge < -0.3 is 5.73 Å². The Bertz CT molecular complexity index is 569. The fourth-order valence-corrected chi connectivity index (χ4v) is 2.83. The Morgan fingerprint density at radius 1 is 1.10 bits per heavy atom. The van der Waals surface area contributed by atoms with Gasteiger partial charge in [-0.3, -0.25) is 0 Å². The van der Waals surface area contributed by atoms with E-state index < -0.39 is 0 Å². The van der Waals surface area contributed by atoms with Crippen molar-refractivity contribution in [1.29, 1.82) is 0 Å². The van der Waals surface area contributed by atoms with Crippen LogP contribution in [-0.4, -0.2) is 9.97 Å². The minimum absolute atomic E-state index is 0.180. The standard InChI is InChI=1S/C16H20BrN3/c1-4-16(5-2,12-9-7-6-8-10-12)15-19-11(3)13(17)14(18)20-15/h6-10H,4-5H2,1-3H3,(H2,18,19,20). The molecule has 0 atom stereocenters.